The predicted octanol–water partition coefficient (Wildman–Crippen LogP) is 2.08. The molecule has 0 radical (unpaired) electrons. The molecule has 2 unspecified atom stereocenters. The first-order valence-corrected chi connectivity index (χ1v) is 5.84. The number of hydrogen-bond donors (Lipinski definition) is 0. The molecule has 98 valence electrons. The molecule has 1 aliphatic rings. The van der Waals surface area contributed by atoms with E-state index < -0.39 is 5.60 Å². The molecule has 0 bridgehead atoms. The van der Waals surface area contributed by atoms with E-state index in [0.29, 0.717) is 18.4 Å². The van der Waals surface area contributed by atoms with Crippen LogP contribution in [0.15, 0.2) is 12.2 Å². The fourth-order valence-corrected chi connectivity index (χ4v) is 2.26. The van der Waals surface area contributed by atoms with Gasteiger partial charge in [0.2, 0.25) is 0 Å². The number of rotatable bonds is 4. The summed E-state index contributed by atoms with van der Waals surface area (Å²) in [6.07, 6.45) is 2.37. The lowest BCUT2D eigenvalue weighted by molar-refractivity contribution is -0.168. The summed E-state index contributed by atoms with van der Waals surface area (Å²) in [6.45, 7) is 7.16. The van der Waals surface area contributed by atoms with Gasteiger partial charge in [-0.3, -0.25) is 0 Å². The van der Waals surface area contributed by atoms with Crippen LogP contribution in [0, 0.1) is 0 Å². The highest BCUT2D eigenvalue weighted by atomic mass is 16.6. The van der Waals surface area contributed by atoms with Gasteiger partial charge in [-0.2, -0.15) is 0 Å². The average molecular weight is 242 g/mol. The first-order valence-electron chi connectivity index (χ1n) is 5.84. The monoisotopic (exact) mass is 242 g/mol. The Morgan fingerprint density at radius 1 is 1.24 bits per heavy atom. The molecule has 1 saturated carbocycles. The van der Waals surface area contributed by atoms with E-state index in [1.54, 1.807) is 21.1 Å². The molecule has 2 atom stereocenters. The van der Waals surface area contributed by atoms with E-state index in [2.05, 4.69) is 6.58 Å². The van der Waals surface area contributed by atoms with Gasteiger partial charge in [0.1, 0.15) is 5.60 Å². The van der Waals surface area contributed by atoms with Crippen molar-refractivity contribution in [1.29, 1.82) is 0 Å². The van der Waals surface area contributed by atoms with Gasteiger partial charge in [-0.25, -0.2) is 4.79 Å². The molecule has 17 heavy (non-hydrogen) atoms. The number of hydrogen-bond acceptors (Lipinski definition) is 4. The molecular formula is C13H22O4. The molecule has 0 heterocycles. The maximum absolute atomic E-state index is 11.6. The van der Waals surface area contributed by atoms with Crippen LogP contribution in [0.2, 0.25) is 0 Å². The van der Waals surface area contributed by atoms with Gasteiger partial charge >= 0.3 is 5.97 Å². The summed E-state index contributed by atoms with van der Waals surface area (Å²) in [5, 5.41) is 0. The van der Waals surface area contributed by atoms with Crippen LogP contribution in [-0.2, 0) is 19.0 Å². The van der Waals surface area contributed by atoms with Gasteiger partial charge in [-0.15, -0.1) is 0 Å². The van der Waals surface area contributed by atoms with Crippen molar-refractivity contribution in [2.75, 3.05) is 14.2 Å². The van der Waals surface area contributed by atoms with Crippen LogP contribution >= 0.6 is 0 Å². The molecule has 1 rings (SSSR count). The van der Waals surface area contributed by atoms with Crippen molar-refractivity contribution in [1.82, 2.24) is 0 Å². The highest BCUT2D eigenvalue weighted by molar-refractivity contribution is 5.87. The van der Waals surface area contributed by atoms with E-state index in [1.165, 1.54) is 0 Å². The van der Waals surface area contributed by atoms with Crippen LogP contribution in [0.3, 0.4) is 0 Å². The van der Waals surface area contributed by atoms with Gasteiger partial charge in [0.25, 0.3) is 0 Å². The number of carbonyl (C=O) groups is 1. The molecule has 0 aromatic heterocycles. The van der Waals surface area contributed by atoms with Gasteiger partial charge in [0.05, 0.1) is 12.2 Å². The second kappa shape index (κ2) is 5.65. The lowest BCUT2D eigenvalue weighted by Gasteiger charge is -2.40. The topological polar surface area (TPSA) is 44.8 Å². The normalized spacial score (nSPS) is 33.2. The highest BCUT2D eigenvalue weighted by Gasteiger charge is 2.40. The summed E-state index contributed by atoms with van der Waals surface area (Å²) in [4.78, 5) is 11.6. The second-order valence-electron chi connectivity index (χ2n) is 4.98. The van der Waals surface area contributed by atoms with Crippen molar-refractivity contribution in [3.8, 4) is 0 Å². The summed E-state index contributed by atoms with van der Waals surface area (Å²) in [6, 6.07) is 0. The van der Waals surface area contributed by atoms with Crippen LogP contribution in [0.25, 0.3) is 0 Å². The quantitative estimate of drug-likeness (QED) is 0.559. The zero-order valence-electron chi connectivity index (χ0n) is 11.1. The fraction of sp³-hybridized carbons (Fsp3) is 0.769. The van der Waals surface area contributed by atoms with Crippen LogP contribution in [0.4, 0.5) is 0 Å². The van der Waals surface area contributed by atoms with Gasteiger partial charge in [0.15, 0.2) is 0 Å². The number of methoxy groups -OCH3 is 2. The Bertz CT molecular complexity index is 286. The van der Waals surface area contributed by atoms with E-state index in [-0.39, 0.29) is 18.2 Å². The SMILES string of the molecule is C=C(C)C(=O)OC1(C)CC(OC)CC(OC)C1. The first kappa shape index (κ1) is 14.2. The standard InChI is InChI=1S/C13H22O4/c1-9(2)12(14)17-13(3)7-10(15-4)6-11(8-13)16-5/h10-11H,1,6-8H2,2-5H3. The zero-order valence-corrected chi connectivity index (χ0v) is 11.1. The van der Waals surface area contributed by atoms with E-state index in [4.69, 9.17) is 14.2 Å². The van der Waals surface area contributed by atoms with Crippen LogP contribution in [-0.4, -0.2) is 38.0 Å². The largest absolute Gasteiger partial charge is 0.456 e. The summed E-state index contributed by atoms with van der Waals surface area (Å²) in [5.74, 6) is -0.348. The van der Waals surface area contributed by atoms with E-state index in [0.717, 1.165) is 6.42 Å². The lowest BCUT2D eigenvalue weighted by atomic mass is 9.82. The number of ether oxygens (including phenoxy) is 3. The summed E-state index contributed by atoms with van der Waals surface area (Å²) >= 11 is 0. The summed E-state index contributed by atoms with van der Waals surface area (Å²) < 4.78 is 16.2. The molecule has 0 saturated heterocycles. The Kier molecular flexibility index (Phi) is 4.71. The molecule has 1 fully saturated rings. The van der Waals surface area contributed by atoms with Crippen LogP contribution < -0.4 is 0 Å². The maximum Gasteiger partial charge on any atom is 0.333 e. The third kappa shape index (κ3) is 3.82. The average Bonchev–Trinajstić information content (AvgIpc) is 2.27. The van der Waals surface area contributed by atoms with Gasteiger partial charge < -0.3 is 14.2 Å². The molecule has 0 aliphatic heterocycles. The Morgan fingerprint density at radius 3 is 2.06 bits per heavy atom. The third-order valence-electron chi connectivity index (χ3n) is 3.20. The molecule has 0 spiro atoms. The van der Waals surface area contributed by atoms with Gasteiger partial charge in [-0.1, -0.05) is 6.58 Å². The molecule has 0 aromatic carbocycles. The molecule has 4 heteroatoms. The van der Waals surface area contributed by atoms with Gasteiger partial charge in [-0.05, 0) is 13.8 Å². The van der Waals surface area contributed by atoms with Crippen molar-refractivity contribution in [3.63, 3.8) is 0 Å². The van der Waals surface area contributed by atoms with Crippen LogP contribution in [0.1, 0.15) is 33.1 Å². The van der Waals surface area contributed by atoms with E-state index >= 15 is 0 Å². The lowest BCUT2D eigenvalue weighted by Crippen LogP contribution is -2.45. The third-order valence-corrected chi connectivity index (χ3v) is 3.20. The van der Waals surface area contributed by atoms with E-state index in [9.17, 15) is 4.79 Å². The Morgan fingerprint density at radius 2 is 1.71 bits per heavy atom. The minimum absolute atomic E-state index is 0.0663. The Balaban J connectivity index is 2.71. The van der Waals surface area contributed by atoms with E-state index in [1.807, 2.05) is 6.92 Å². The molecule has 0 amide bonds. The van der Waals surface area contributed by atoms with Crippen molar-refractivity contribution in [2.24, 2.45) is 0 Å². The van der Waals surface area contributed by atoms with Crippen molar-refractivity contribution < 1.29 is 19.0 Å². The smallest absolute Gasteiger partial charge is 0.333 e. The van der Waals surface area contributed by atoms with Gasteiger partial charge in [0, 0.05) is 39.1 Å². The van der Waals surface area contributed by atoms with Crippen LogP contribution in [0.5, 0.6) is 0 Å². The number of carbonyl (C=O) groups excluding carboxylic acids is 1. The highest BCUT2D eigenvalue weighted by Crippen LogP contribution is 2.34. The molecule has 4 nitrogen and oxygen atoms in total. The predicted molar refractivity (Wildman–Crippen MR) is 64.8 cm³/mol. The van der Waals surface area contributed by atoms with Crippen molar-refractivity contribution in [3.05, 3.63) is 12.2 Å². The maximum atomic E-state index is 11.6. The fourth-order valence-electron chi connectivity index (χ4n) is 2.26. The molecular weight excluding hydrogens is 220 g/mol. The van der Waals surface area contributed by atoms with Crippen molar-refractivity contribution >= 4 is 5.97 Å². The Labute approximate surface area is 103 Å². The number of esters is 1. The first-order chi connectivity index (χ1) is 7.90. The zero-order chi connectivity index (χ0) is 13.1. The minimum atomic E-state index is -0.532. The molecule has 0 aromatic rings. The molecule has 0 N–H and O–H groups in total. The summed E-state index contributed by atoms with van der Waals surface area (Å²) in [5.41, 5.74) is -0.116. The minimum Gasteiger partial charge on any atom is -0.456 e. The Hall–Kier alpha value is -0.870. The summed E-state index contributed by atoms with van der Waals surface area (Å²) in [7, 11) is 3.34. The molecule has 1 aliphatic carbocycles. The van der Waals surface area contributed by atoms with Crippen molar-refractivity contribution in [2.45, 2.75) is 50.9 Å². The second-order valence-corrected chi connectivity index (χ2v) is 4.98.